The van der Waals surface area contributed by atoms with Crippen molar-refractivity contribution in [1.82, 2.24) is 0 Å². The van der Waals surface area contributed by atoms with Gasteiger partial charge in [-0.25, -0.2) is 0 Å². The molecule has 0 aromatic heterocycles. The molecule has 0 amide bonds. The summed E-state index contributed by atoms with van der Waals surface area (Å²) in [4.78, 5) is 0. The zero-order chi connectivity index (χ0) is 5.86. The molecule has 0 aromatic carbocycles. The second-order valence-electron chi connectivity index (χ2n) is 0.862. The van der Waals surface area contributed by atoms with Crippen molar-refractivity contribution in [2.75, 3.05) is 0 Å². The monoisotopic (exact) mass is 156 g/mol. The summed E-state index contributed by atoms with van der Waals surface area (Å²) in [6.45, 7) is 3.31. The van der Waals surface area contributed by atoms with Crippen LogP contribution < -0.4 is 0 Å². The van der Waals surface area contributed by atoms with Crippen molar-refractivity contribution in [3.63, 3.8) is 0 Å². The van der Waals surface area contributed by atoms with E-state index in [1.54, 1.807) is 0 Å². The highest BCUT2D eigenvalue weighted by Crippen LogP contribution is 2.16. The van der Waals surface area contributed by atoms with E-state index in [2.05, 4.69) is 6.58 Å². The second kappa shape index (κ2) is 3.36. The highest BCUT2D eigenvalue weighted by atomic mass is 35.5. The smallest absolute Gasteiger partial charge is 0.0699 e. The Bertz CT molecular complexity index is 104. The number of hydrogen-bond acceptors (Lipinski definition) is 0. The van der Waals surface area contributed by atoms with E-state index in [1.807, 2.05) is 0 Å². The molecular formula is C4H3Cl3. The van der Waals surface area contributed by atoms with Gasteiger partial charge in [-0.05, 0) is 0 Å². The Kier molecular flexibility index (Phi) is 3.53. The summed E-state index contributed by atoms with van der Waals surface area (Å²) in [5.41, 5.74) is 1.16. The zero-order valence-electron chi connectivity index (χ0n) is 3.42. The molecule has 0 unspecified atom stereocenters. The van der Waals surface area contributed by atoms with E-state index < -0.39 is 0 Å². The van der Waals surface area contributed by atoms with Crippen molar-refractivity contribution < 1.29 is 0 Å². The maximum atomic E-state index is 5.30. The Morgan fingerprint density at radius 2 is 1.86 bits per heavy atom. The normalized spacial score (nSPS) is 11.6. The van der Waals surface area contributed by atoms with Crippen LogP contribution in [0.5, 0.6) is 0 Å². The van der Waals surface area contributed by atoms with Gasteiger partial charge in [-0.15, -0.1) is 0 Å². The third-order valence-corrected chi connectivity index (χ3v) is 1.32. The first-order valence-electron chi connectivity index (χ1n) is 1.49. The Balaban J connectivity index is 3.82. The SMILES string of the molecule is C=C(Cl)C(Cl)=CCl. The van der Waals surface area contributed by atoms with Crippen LogP contribution in [0.4, 0.5) is 0 Å². The van der Waals surface area contributed by atoms with Crippen LogP contribution in [0.1, 0.15) is 0 Å². The molecule has 0 heterocycles. The lowest BCUT2D eigenvalue weighted by Gasteiger charge is -1.84. The summed E-state index contributed by atoms with van der Waals surface area (Å²) < 4.78 is 0. The van der Waals surface area contributed by atoms with E-state index in [4.69, 9.17) is 34.8 Å². The van der Waals surface area contributed by atoms with Crippen LogP contribution in [-0.2, 0) is 0 Å². The molecule has 0 saturated carbocycles. The molecule has 0 aliphatic carbocycles. The maximum absolute atomic E-state index is 5.30. The van der Waals surface area contributed by atoms with Gasteiger partial charge in [0, 0.05) is 5.54 Å². The lowest BCUT2D eigenvalue weighted by atomic mass is 10.6. The second-order valence-corrected chi connectivity index (χ2v) is 1.94. The molecule has 0 N–H and O–H groups in total. The summed E-state index contributed by atoms with van der Waals surface area (Å²) in [6.07, 6.45) is 0. The summed E-state index contributed by atoms with van der Waals surface area (Å²) in [6, 6.07) is 0. The van der Waals surface area contributed by atoms with Gasteiger partial charge in [-0.1, -0.05) is 41.4 Å². The first-order valence-corrected chi connectivity index (χ1v) is 2.68. The Labute approximate surface area is 57.4 Å². The molecule has 0 spiro atoms. The predicted molar refractivity (Wildman–Crippen MR) is 34.8 cm³/mol. The van der Waals surface area contributed by atoms with Crippen LogP contribution in [0.3, 0.4) is 0 Å². The number of allylic oxidation sites excluding steroid dienone is 2. The van der Waals surface area contributed by atoms with Gasteiger partial charge in [0.05, 0.1) is 10.1 Å². The highest BCUT2D eigenvalue weighted by molar-refractivity contribution is 6.46. The Morgan fingerprint density at radius 3 is 1.86 bits per heavy atom. The summed E-state index contributed by atoms with van der Waals surface area (Å²) in [5.74, 6) is 0. The molecular weight excluding hydrogens is 154 g/mol. The standard InChI is InChI=1S/C4H3Cl3/c1-3(6)4(7)2-5/h2H,1H2. The molecule has 0 saturated heterocycles. The molecule has 0 fully saturated rings. The molecule has 0 radical (unpaired) electrons. The van der Waals surface area contributed by atoms with Gasteiger partial charge in [0.25, 0.3) is 0 Å². The quantitative estimate of drug-likeness (QED) is 0.513. The zero-order valence-corrected chi connectivity index (χ0v) is 5.69. The van der Waals surface area contributed by atoms with Crippen LogP contribution in [0.15, 0.2) is 22.2 Å². The van der Waals surface area contributed by atoms with Crippen molar-refractivity contribution >= 4 is 34.8 Å². The van der Waals surface area contributed by atoms with Gasteiger partial charge in [-0.2, -0.15) is 0 Å². The van der Waals surface area contributed by atoms with Crippen molar-refractivity contribution in [1.29, 1.82) is 0 Å². The molecule has 0 aliphatic heterocycles. The predicted octanol–water partition coefficient (Wildman–Crippen LogP) is 3.06. The molecule has 7 heavy (non-hydrogen) atoms. The maximum Gasteiger partial charge on any atom is 0.0699 e. The minimum Gasteiger partial charge on any atom is -0.0913 e. The van der Waals surface area contributed by atoms with Crippen LogP contribution in [0.2, 0.25) is 0 Å². The van der Waals surface area contributed by atoms with Gasteiger partial charge in [0.15, 0.2) is 0 Å². The molecule has 0 aliphatic rings. The van der Waals surface area contributed by atoms with E-state index in [0.717, 1.165) is 5.54 Å². The first kappa shape index (κ1) is 7.35. The average molecular weight is 157 g/mol. The Hall–Kier alpha value is 0.350. The van der Waals surface area contributed by atoms with Crippen molar-refractivity contribution in [3.8, 4) is 0 Å². The van der Waals surface area contributed by atoms with E-state index in [9.17, 15) is 0 Å². The molecule has 0 atom stereocenters. The fourth-order valence-corrected chi connectivity index (χ4v) is 0.301. The minimum absolute atomic E-state index is 0.261. The van der Waals surface area contributed by atoms with E-state index in [-0.39, 0.29) is 10.1 Å². The van der Waals surface area contributed by atoms with Gasteiger partial charge < -0.3 is 0 Å². The molecule has 40 valence electrons. The van der Waals surface area contributed by atoms with Gasteiger partial charge in [0.1, 0.15) is 0 Å². The molecule has 3 heteroatoms. The topological polar surface area (TPSA) is 0 Å². The highest BCUT2D eigenvalue weighted by Gasteiger charge is 1.89. The van der Waals surface area contributed by atoms with Crippen LogP contribution >= 0.6 is 34.8 Å². The Morgan fingerprint density at radius 1 is 1.43 bits per heavy atom. The summed E-state index contributed by atoms with van der Waals surface area (Å²) in [7, 11) is 0. The van der Waals surface area contributed by atoms with Crippen LogP contribution in [-0.4, -0.2) is 0 Å². The van der Waals surface area contributed by atoms with Crippen LogP contribution in [0.25, 0.3) is 0 Å². The number of hydrogen-bond donors (Lipinski definition) is 0. The number of halogens is 3. The lowest BCUT2D eigenvalue weighted by molar-refractivity contribution is 1.92. The van der Waals surface area contributed by atoms with Crippen molar-refractivity contribution in [2.24, 2.45) is 0 Å². The largest absolute Gasteiger partial charge is 0.0913 e. The van der Waals surface area contributed by atoms with E-state index in [0.29, 0.717) is 0 Å². The third-order valence-electron chi connectivity index (χ3n) is 0.355. The van der Waals surface area contributed by atoms with E-state index >= 15 is 0 Å². The van der Waals surface area contributed by atoms with Gasteiger partial charge in [-0.3, -0.25) is 0 Å². The first-order chi connectivity index (χ1) is 3.18. The van der Waals surface area contributed by atoms with Crippen LogP contribution in [0, 0.1) is 0 Å². The molecule has 0 aromatic rings. The average Bonchev–Trinajstić information content (AvgIpc) is 1.65. The fraction of sp³-hybridized carbons (Fsp3) is 0. The molecule has 0 nitrogen and oxygen atoms in total. The van der Waals surface area contributed by atoms with Gasteiger partial charge >= 0.3 is 0 Å². The third kappa shape index (κ3) is 2.98. The molecule has 0 rings (SSSR count). The number of rotatable bonds is 1. The minimum atomic E-state index is 0.261. The lowest BCUT2D eigenvalue weighted by Crippen LogP contribution is -1.61. The summed E-state index contributed by atoms with van der Waals surface area (Å²) >= 11 is 15.7. The fourth-order valence-electron chi connectivity index (χ4n) is 0.0592. The van der Waals surface area contributed by atoms with E-state index in [1.165, 1.54) is 0 Å². The van der Waals surface area contributed by atoms with Gasteiger partial charge in [0.2, 0.25) is 0 Å². The molecule has 0 bridgehead atoms. The van der Waals surface area contributed by atoms with Crippen molar-refractivity contribution in [3.05, 3.63) is 22.2 Å². The summed E-state index contributed by atoms with van der Waals surface area (Å²) in [5, 5.41) is 0.542. The van der Waals surface area contributed by atoms with Crippen molar-refractivity contribution in [2.45, 2.75) is 0 Å².